The second-order valence-corrected chi connectivity index (χ2v) is 4.51. The number of benzene rings is 2. The Morgan fingerprint density at radius 3 is 2.53 bits per heavy atom. The van der Waals surface area contributed by atoms with Crippen molar-refractivity contribution in [2.24, 2.45) is 0 Å². The third-order valence-corrected chi connectivity index (χ3v) is 3.26. The number of rotatable bonds is 3. The number of hydrogen-bond acceptors (Lipinski definition) is 2. The molecule has 100 valence electrons. The van der Waals surface area contributed by atoms with Crippen molar-refractivity contribution in [2.75, 3.05) is 5.73 Å². The lowest BCUT2D eigenvalue weighted by Crippen LogP contribution is -2.01. The summed E-state index contributed by atoms with van der Waals surface area (Å²) < 4.78 is 32.0. The van der Waals surface area contributed by atoms with Crippen LogP contribution >= 0.6 is 11.6 Å². The second kappa shape index (κ2) is 5.45. The molecule has 0 atom stereocenters. The molecule has 0 fully saturated rings. The van der Waals surface area contributed by atoms with Crippen LogP contribution in [-0.2, 0) is 6.61 Å². The molecule has 2 aromatic rings. The van der Waals surface area contributed by atoms with E-state index in [1.54, 1.807) is 13.0 Å². The lowest BCUT2D eigenvalue weighted by atomic mass is 10.1. The summed E-state index contributed by atoms with van der Waals surface area (Å²) in [6.07, 6.45) is 0. The molecule has 0 spiro atoms. The average Bonchev–Trinajstić information content (AvgIpc) is 2.38. The van der Waals surface area contributed by atoms with Crippen LogP contribution in [0.3, 0.4) is 0 Å². The summed E-state index contributed by atoms with van der Waals surface area (Å²) in [6, 6.07) is 6.89. The average molecular weight is 284 g/mol. The summed E-state index contributed by atoms with van der Waals surface area (Å²) in [5.74, 6) is -0.603. The summed E-state index contributed by atoms with van der Waals surface area (Å²) in [6.45, 7) is 1.73. The molecule has 0 bridgehead atoms. The Labute approximate surface area is 114 Å². The predicted octanol–water partition coefficient (Wildman–Crippen LogP) is 4.09. The molecule has 19 heavy (non-hydrogen) atoms. The Kier molecular flexibility index (Phi) is 3.90. The highest BCUT2D eigenvalue weighted by Crippen LogP contribution is 2.26. The molecule has 2 aromatic carbocycles. The molecule has 0 aliphatic carbocycles. The van der Waals surface area contributed by atoms with E-state index in [0.29, 0.717) is 10.8 Å². The number of aryl methyl sites for hydroxylation is 1. The number of halogens is 3. The molecule has 0 unspecified atom stereocenters. The second-order valence-electron chi connectivity index (χ2n) is 4.13. The van der Waals surface area contributed by atoms with Gasteiger partial charge in [0.25, 0.3) is 0 Å². The number of anilines is 1. The zero-order valence-electron chi connectivity index (χ0n) is 10.2. The van der Waals surface area contributed by atoms with E-state index in [1.165, 1.54) is 24.3 Å². The lowest BCUT2D eigenvalue weighted by Gasteiger charge is -2.11. The van der Waals surface area contributed by atoms with E-state index in [4.69, 9.17) is 22.1 Å². The van der Waals surface area contributed by atoms with Gasteiger partial charge in [0, 0.05) is 11.6 Å². The monoisotopic (exact) mass is 283 g/mol. The van der Waals surface area contributed by atoms with Crippen molar-refractivity contribution in [2.45, 2.75) is 13.5 Å². The van der Waals surface area contributed by atoms with E-state index < -0.39 is 11.6 Å². The molecule has 2 N–H and O–H groups in total. The molecule has 0 aliphatic heterocycles. The van der Waals surface area contributed by atoms with Gasteiger partial charge in [-0.3, -0.25) is 0 Å². The summed E-state index contributed by atoms with van der Waals surface area (Å²) in [4.78, 5) is 0. The van der Waals surface area contributed by atoms with Gasteiger partial charge in [0.15, 0.2) is 0 Å². The molecule has 2 nitrogen and oxygen atoms in total. The van der Waals surface area contributed by atoms with E-state index in [-0.39, 0.29) is 17.9 Å². The maximum absolute atomic E-state index is 13.6. The van der Waals surface area contributed by atoms with Crippen molar-refractivity contribution < 1.29 is 13.5 Å². The van der Waals surface area contributed by atoms with Crippen LogP contribution in [0.5, 0.6) is 5.75 Å². The van der Waals surface area contributed by atoms with Crippen molar-refractivity contribution in [3.63, 3.8) is 0 Å². The van der Waals surface area contributed by atoms with Gasteiger partial charge in [0.1, 0.15) is 24.0 Å². The number of hydrogen-bond donors (Lipinski definition) is 1. The van der Waals surface area contributed by atoms with Gasteiger partial charge in [0.2, 0.25) is 0 Å². The maximum atomic E-state index is 13.6. The highest BCUT2D eigenvalue weighted by molar-refractivity contribution is 6.32. The Bertz CT molecular complexity index is 617. The van der Waals surface area contributed by atoms with Crippen LogP contribution in [0.1, 0.15) is 11.1 Å². The largest absolute Gasteiger partial charge is 0.489 e. The first kappa shape index (κ1) is 13.6. The molecule has 2 rings (SSSR count). The van der Waals surface area contributed by atoms with Gasteiger partial charge < -0.3 is 10.5 Å². The SMILES string of the molecule is Cc1ccc(F)c(COc2ccc(F)c(N)c2)c1Cl. The number of ether oxygens (including phenoxy) is 1. The highest BCUT2D eigenvalue weighted by Gasteiger charge is 2.11. The number of nitrogens with two attached hydrogens (primary N) is 1. The summed E-state index contributed by atoms with van der Waals surface area (Å²) in [7, 11) is 0. The molecule has 0 amide bonds. The van der Waals surface area contributed by atoms with Gasteiger partial charge in [-0.15, -0.1) is 0 Å². The fourth-order valence-electron chi connectivity index (χ4n) is 1.61. The fraction of sp³-hybridized carbons (Fsp3) is 0.143. The van der Waals surface area contributed by atoms with Crippen LogP contribution in [0.4, 0.5) is 14.5 Å². The van der Waals surface area contributed by atoms with Gasteiger partial charge in [-0.2, -0.15) is 0 Å². The molecular weight excluding hydrogens is 272 g/mol. The maximum Gasteiger partial charge on any atom is 0.146 e. The van der Waals surface area contributed by atoms with Crippen molar-refractivity contribution >= 4 is 17.3 Å². The van der Waals surface area contributed by atoms with Crippen molar-refractivity contribution in [3.05, 3.63) is 58.1 Å². The molecule has 0 radical (unpaired) electrons. The van der Waals surface area contributed by atoms with E-state index in [1.807, 2.05) is 0 Å². The van der Waals surface area contributed by atoms with Gasteiger partial charge >= 0.3 is 0 Å². The molecule has 0 saturated carbocycles. The van der Waals surface area contributed by atoms with E-state index in [2.05, 4.69) is 0 Å². The Morgan fingerprint density at radius 1 is 1.16 bits per heavy atom. The van der Waals surface area contributed by atoms with Gasteiger partial charge in [-0.05, 0) is 30.7 Å². The summed E-state index contributed by atoms with van der Waals surface area (Å²) in [5, 5.41) is 0.329. The van der Waals surface area contributed by atoms with Crippen LogP contribution in [0.25, 0.3) is 0 Å². The van der Waals surface area contributed by atoms with E-state index in [9.17, 15) is 8.78 Å². The zero-order valence-corrected chi connectivity index (χ0v) is 11.0. The zero-order chi connectivity index (χ0) is 14.0. The minimum absolute atomic E-state index is 0.0201. The lowest BCUT2D eigenvalue weighted by molar-refractivity contribution is 0.299. The minimum atomic E-state index is -0.521. The first-order valence-electron chi connectivity index (χ1n) is 5.60. The van der Waals surface area contributed by atoms with Crippen molar-refractivity contribution in [1.82, 2.24) is 0 Å². The Balaban J connectivity index is 2.19. The minimum Gasteiger partial charge on any atom is -0.489 e. The first-order valence-corrected chi connectivity index (χ1v) is 5.98. The predicted molar refractivity (Wildman–Crippen MR) is 71.3 cm³/mol. The van der Waals surface area contributed by atoms with Crippen LogP contribution < -0.4 is 10.5 Å². The standard InChI is InChI=1S/C14H12ClF2NO/c1-8-2-4-11(16)10(14(8)15)7-19-9-3-5-12(17)13(18)6-9/h2-6H,7,18H2,1H3. The van der Waals surface area contributed by atoms with Crippen molar-refractivity contribution in [1.29, 1.82) is 0 Å². The van der Waals surface area contributed by atoms with Gasteiger partial charge in [0.05, 0.1) is 10.7 Å². The first-order chi connectivity index (χ1) is 8.99. The summed E-state index contributed by atoms with van der Waals surface area (Å²) >= 11 is 6.02. The van der Waals surface area contributed by atoms with E-state index >= 15 is 0 Å². The van der Waals surface area contributed by atoms with Crippen LogP contribution in [-0.4, -0.2) is 0 Å². The van der Waals surface area contributed by atoms with E-state index in [0.717, 1.165) is 5.56 Å². The van der Waals surface area contributed by atoms with Crippen LogP contribution in [0.2, 0.25) is 5.02 Å². The Morgan fingerprint density at radius 2 is 1.84 bits per heavy atom. The topological polar surface area (TPSA) is 35.2 Å². The van der Waals surface area contributed by atoms with Gasteiger partial charge in [-0.25, -0.2) is 8.78 Å². The third kappa shape index (κ3) is 2.96. The third-order valence-electron chi connectivity index (χ3n) is 2.73. The molecule has 0 heterocycles. The molecule has 0 saturated heterocycles. The summed E-state index contributed by atoms with van der Waals surface area (Å²) in [5.41, 5.74) is 6.43. The van der Waals surface area contributed by atoms with Crippen LogP contribution in [0, 0.1) is 18.6 Å². The van der Waals surface area contributed by atoms with Crippen molar-refractivity contribution in [3.8, 4) is 5.75 Å². The molecule has 5 heteroatoms. The number of nitrogen functional groups attached to an aromatic ring is 1. The smallest absolute Gasteiger partial charge is 0.146 e. The quantitative estimate of drug-likeness (QED) is 0.861. The highest BCUT2D eigenvalue weighted by atomic mass is 35.5. The Hall–Kier alpha value is -1.81. The fourth-order valence-corrected chi connectivity index (χ4v) is 1.82. The molecule has 0 aromatic heterocycles. The normalized spacial score (nSPS) is 10.5. The van der Waals surface area contributed by atoms with Gasteiger partial charge in [-0.1, -0.05) is 17.7 Å². The molecular formula is C14H12ClF2NO. The molecule has 0 aliphatic rings. The van der Waals surface area contributed by atoms with Crippen LogP contribution in [0.15, 0.2) is 30.3 Å².